The lowest BCUT2D eigenvalue weighted by Gasteiger charge is -2.09. The summed E-state index contributed by atoms with van der Waals surface area (Å²) in [5.74, 6) is -1.07. The summed E-state index contributed by atoms with van der Waals surface area (Å²) < 4.78 is 0. The van der Waals surface area contributed by atoms with Gasteiger partial charge in [0, 0.05) is 6.07 Å². The van der Waals surface area contributed by atoms with E-state index in [1.807, 2.05) is 0 Å². The Hall–Kier alpha value is -2.31. The highest BCUT2D eigenvalue weighted by atomic mass is 35.5. The van der Waals surface area contributed by atoms with Crippen LogP contribution in [0.15, 0.2) is 36.4 Å². The van der Waals surface area contributed by atoms with Crippen molar-refractivity contribution in [1.82, 2.24) is 0 Å². The topological polar surface area (TPSA) is 92.5 Å². The Morgan fingerprint density at radius 3 is 2.38 bits per heavy atom. The van der Waals surface area contributed by atoms with Crippen LogP contribution in [-0.2, 0) is 0 Å². The molecule has 0 saturated heterocycles. The van der Waals surface area contributed by atoms with Gasteiger partial charge in [0.25, 0.3) is 11.6 Å². The van der Waals surface area contributed by atoms with E-state index in [0.29, 0.717) is 0 Å². The fourth-order valence-corrected chi connectivity index (χ4v) is 2.16. The summed E-state index contributed by atoms with van der Waals surface area (Å²) in [7, 11) is 0. The SMILES string of the molecule is O=C(Nc1c(Cl)cccc1Cl)c1cc(O)ccc1[N+](=O)[O-]. The highest BCUT2D eigenvalue weighted by Gasteiger charge is 2.22. The molecule has 0 unspecified atom stereocenters. The number of nitrogens with one attached hydrogen (secondary N) is 1. The number of carbonyl (C=O) groups is 1. The van der Waals surface area contributed by atoms with Gasteiger partial charge in [-0.3, -0.25) is 14.9 Å². The third-order valence-corrected chi connectivity index (χ3v) is 3.25. The van der Waals surface area contributed by atoms with Gasteiger partial charge in [-0.05, 0) is 24.3 Å². The van der Waals surface area contributed by atoms with Gasteiger partial charge in [0.15, 0.2) is 0 Å². The second-order valence-electron chi connectivity index (χ2n) is 4.01. The molecule has 2 aromatic carbocycles. The lowest BCUT2D eigenvalue weighted by molar-refractivity contribution is -0.385. The first-order valence-corrected chi connectivity index (χ1v) is 6.38. The lowest BCUT2D eigenvalue weighted by atomic mass is 10.1. The number of carbonyl (C=O) groups excluding carboxylic acids is 1. The Morgan fingerprint density at radius 2 is 1.81 bits per heavy atom. The number of hydrogen-bond acceptors (Lipinski definition) is 4. The zero-order valence-corrected chi connectivity index (χ0v) is 11.9. The van der Waals surface area contributed by atoms with E-state index < -0.39 is 16.5 Å². The smallest absolute Gasteiger partial charge is 0.282 e. The quantitative estimate of drug-likeness (QED) is 0.661. The molecule has 0 aliphatic heterocycles. The van der Waals surface area contributed by atoms with Gasteiger partial charge in [-0.1, -0.05) is 29.3 Å². The number of phenolic OH excluding ortho intramolecular Hbond substituents is 1. The fourth-order valence-electron chi connectivity index (χ4n) is 1.66. The van der Waals surface area contributed by atoms with Crippen LogP contribution in [0.5, 0.6) is 5.75 Å². The highest BCUT2D eigenvalue weighted by Crippen LogP contribution is 2.31. The zero-order chi connectivity index (χ0) is 15.6. The number of rotatable bonds is 3. The summed E-state index contributed by atoms with van der Waals surface area (Å²) in [5, 5.41) is 23.1. The molecular formula is C13H8Cl2N2O4. The van der Waals surface area contributed by atoms with Gasteiger partial charge in [0.2, 0.25) is 0 Å². The van der Waals surface area contributed by atoms with Gasteiger partial charge >= 0.3 is 0 Å². The predicted molar refractivity (Wildman–Crippen MR) is 79.2 cm³/mol. The molecule has 0 aliphatic carbocycles. The molecule has 0 saturated carbocycles. The fraction of sp³-hybridized carbons (Fsp3) is 0. The summed E-state index contributed by atoms with van der Waals surface area (Å²) in [4.78, 5) is 22.3. The average Bonchev–Trinajstić information content (AvgIpc) is 2.42. The molecule has 0 aliphatic rings. The normalized spacial score (nSPS) is 10.2. The molecule has 0 atom stereocenters. The summed E-state index contributed by atoms with van der Waals surface area (Å²) >= 11 is 11.8. The van der Waals surface area contributed by atoms with E-state index in [0.717, 1.165) is 18.2 Å². The number of halogens is 2. The van der Waals surface area contributed by atoms with Gasteiger partial charge in [-0.25, -0.2) is 0 Å². The van der Waals surface area contributed by atoms with Crippen LogP contribution < -0.4 is 5.32 Å². The van der Waals surface area contributed by atoms with Crippen LogP contribution in [0, 0.1) is 10.1 Å². The predicted octanol–water partition coefficient (Wildman–Crippen LogP) is 3.86. The summed E-state index contributed by atoms with van der Waals surface area (Å²) in [6, 6.07) is 7.78. The third-order valence-electron chi connectivity index (χ3n) is 2.62. The van der Waals surface area contributed by atoms with E-state index in [1.54, 1.807) is 6.07 Å². The first-order chi connectivity index (χ1) is 9.90. The molecule has 0 heterocycles. The first kappa shape index (κ1) is 15.1. The molecule has 0 radical (unpaired) electrons. The maximum atomic E-state index is 12.2. The molecule has 8 heteroatoms. The van der Waals surface area contributed by atoms with Crippen molar-refractivity contribution < 1.29 is 14.8 Å². The molecule has 1 amide bonds. The molecule has 0 bridgehead atoms. The van der Waals surface area contributed by atoms with Crippen LogP contribution in [0.2, 0.25) is 10.0 Å². The minimum atomic E-state index is -0.799. The minimum absolute atomic E-state index is 0.142. The van der Waals surface area contributed by atoms with E-state index in [9.17, 15) is 20.0 Å². The van der Waals surface area contributed by atoms with Crippen molar-refractivity contribution in [3.8, 4) is 5.75 Å². The van der Waals surface area contributed by atoms with Crippen LogP contribution in [0.3, 0.4) is 0 Å². The van der Waals surface area contributed by atoms with Gasteiger partial charge in [-0.15, -0.1) is 0 Å². The summed E-state index contributed by atoms with van der Waals surface area (Å²) in [6.45, 7) is 0. The van der Waals surface area contributed by atoms with E-state index in [-0.39, 0.29) is 27.0 Å². The molecule has 0 spiro atoms. The number of para-hydroxylation sites is 1. The number of anilines is 1. The second kappa shape index (κ2) is 5.99. The number of benzene rings is 2. The molecule has 2 N–H and O–H groups in total. The molecular weight excluding hydrogens is 319 g/mol. The Morgan fingerprint density at radius 1 is 1.19 bits per heavy atom. The number of phenols is 1. The Labute approximate surface area is 129 Å². The third kappa shape index (κ3) is 3.24. The van der Waals surface area contributed by atoms with Crippen LogP contribution in [0.1, 0.15) is 10.4 Å². The van der Waals surface area contributed by atoms with Crippen LogP contribution >= 0.6 is 23.2 Å². The molecule has 6 nitrogen and oxygen atoms in total. The Kier molecular flexibility index (Phi) is 4.30. The molecule has 108 valence electrons. The van der Waals surface area contributed by atoms with Gasteiger partial charge in [0.05, 0.1) is 20.7 Å². The second-order valence-corrected chi connectivity index (χ2v) is 4.82. The number of aromatic hydroxyl groups is 1. The van der Waals surface area contributed by atoms with Crippen molar-refractivity contribution in [2.24, 2.45) is 0 Å². The Bertz CT molecular complexity index is 714. The molecule has 0 fully saturated rings. The summed E-state index contributed by atoms with van der Waals surface area (Å²) in [6.07, 6.45) is 0. The molecule has 2 aromatic rings. The van der Waals surface area contributed by atoms with Crippen molar-refractivity contribution in [3.05, 3.63) is 62.1 Å². The van der Waals surface area contributed by atoms with E-state index in [2.05, 4.69) is 5.32 Å². The minimum Gasteiger partial charge on any atom is -0.508 e. The van der Waals surface area contributed by atoms with Gasteiger partial charge in [-0.2, -0.15) is 0 Å². The largest absolute Gasteiger partial charge is 0.508 e. The number of nitro groups is 1. The average molecular weight is 327 g/mol. The van der Waals surface area contributed by atoms with E-state index in [1.165, 1.54) is 12.1 Å². The summed E-state index contributed by atoms with van der Waals surface area (Å²) in [5.41, 5.74) is -0.590. The van der Waals surface area contributed by atoms with Crippen molar-refractivity contribution in [1.29, 1.82) is 0 Å². The van der Waals surface area contributed by atoms with Crippen molar-refractivity contribution >= 4 is 40.5 Å². The molecule has 21 heavy (non-hydrogen) atoms. The number of amides is 1. The maximum Gasteiger partial charge on any atom is 0.282 e. The van der Waals surface area contributed by atoms with Gasteiger partial charge < -0.3 is 10.4 Å². The number of nitrogens with zero attached hydrogens (tertiary/aromatic N) is 1. The lowest BCUT2D eigenvalue weighted by Crippen LogP contribution is -2.14. The standard InChI is InChI=1S/C13H8Cl2N2O4/c14-9-2-1-3-10(15)12(9)16-13(19)8-6-7(18)4-5-11(8)17(20)21/h1-6,18H,(H,16,19). The maximum absolute atomic E-state index is 12.2. The van der Waals surface area contributed by atoms with E-state index >= 15 is 0 Å². The first-order valence-electron chi connectivity index (χ1n) is 5.63. The molecule has 0 aromatic heterocycles. The van der Waals surface area contributed by atoms with Crippen LogP contribution in [-0.4, -0.2) is 15.9 Å². The van der Waals surface area contributed by atoms with Gasteiger partial charge in [0.1, 0.15) is 11.3 Å². The Balaban J connectivity index is 2.41. The highest BCUT2D eigenvalue weighted by molar-refractivity contribution is 6.40. The number of hydrogen-bond donors (Lipinski definition) is 2. The van der Waals surface area contributed by atoms with E-state index in [4.69, 9.17) is 23.2 Å². The zero-order valence-electron chi connectivity index (χ0n) is 10.3. The van der Waals surface area contributed by atoms with Crippen molar-refractivity contribution in [2.75, 3.05) is 5.32 Å². The van der Waals surface area contributed by atoms with Crippen molar-refractivity contribution in [2.45, 2.75) is 0 Å². The molecule has 2 rings (SSSR count). The van der Waals surface area contributed by atoms with Crippen molar-refractivity contribution in [3.63, 3.8) is 0 Å². The van der Waals surface area contributed by atoms with Crippen LogP contribution in [0.25, 0.3) is 0 Å². The number of nitro benzene ring substituents is 1. The monoisotopic (exact) mass is 326 g/mol. The van der Waals surface area contributed by atoms with Crippen LogP contribution in [0.4, 0.5) is 11.4 Å².